The summed E-state index contributed by atoms with van der Waals surface area (Å²) in [7, 11) is 1.50. The molecule has 6 nitrogen and oxygen atoms in total. The summed E-state index contributed by atoms with van der Waals surface area (Å²) in [4.78, 5) is 27.4. The van der Waals surface area contributed by atoms with E-state index in [-0.39, 0.29) is 23.9 Å². The van der Waals surface area contributed by atoms with Crippen molar-refractivity contribution in [3.63, 3.8) is 0 Å². The second-order valence-corrected chi connectivity index (χ2v) is 7.67. The number of methoxy groups -OCH3 is 1. The van der Waals surface area contributed by atoms with Gasteiger partial charge in [0.25, 0.3) is 11.8 Å². The Bertz CT molecular complexity index is 1010. The Labute approximate surface area is 185 Å². The molecule has 0 aromatic heterocycles. The zero-order valence-corrected chi connectivity index (χ0v) is 18.3. The fourth-order valence-corrected chi connectivity index (χ4v) is 3.47. The van der Waals surface area contributed by atoms with Gasteiger partial charge in [-0.2, -0.15) is 0 Å². The third-order valence-electron chi connectivity index (χ3n) is 4.70. The minimum Gasteiger partial charge on any atom is -0.495 e. The fraction of sp³-hybridized carbons (Fsp3) is 0.304. The zero-order valence-electron chi connectivity index (χ0n) is 17.6. The average Bonchev–Trinajstić information content (AvgIpc) is 2.96. The van der Waals surface area contributed by atoms with Crippen LogP contribution < -0.4 is 10.1 Å². The van der Waals surface area contributed by atoms with Gasteiger partial charge < -0.3 is 14.8 Å². The van der Waals surface area contributed by atoms with E-state index in [0.717, 1.165) is 0 Å². The van der Waals surface area contributed by atoms with Crippen molar-refractivity contribution >= 4 is 34.7 Å². The van der Waals surface area contributed by atoms with Crippen molar-refractivity contribution in [1.82, 2.24) is 4.90 Å². The van der Waals surface area contributed by atoms with Crippen LogP contribution in [0.5, 0.6) is 5.75 Å². The minimum absolute atomic E-state index is 0.0648. The summed E-state index contributed by atoms with van der Waals surface area (Å²) < 4.78 is 24.1. The summed E-state index contributed by atoms with van der Waals surface area (Å²) in [5, 5.41) is 3.37. The van der Waals surface area contributed by atoms with Crippen molar-refractivity contribution in [2.24, 2.45) is 0 Å². The number of rotatable bonds is 9. The number of hydrogen-bond donors (Lipinski definition) is 1. The Balaban J connectivity index is 1.91. The number of imide groups is 1. The Kier molecular flexibility index (Phi) is 7.30. The van der Waals surface area contributed by atoms with E-state index in [2.05, 4.69) is 5.32 Å². The predicted molar refractivity (Wildman–Crippen MR) is 117 cm³/mol. The molecule has 1 aliphatic rings. The molecule has 0 atom stereocenters. The van der Waals surface area contributed by atoms with Crippen LogP contribution in [-0.4, -0.2) is 43.1 Å². The number of carbonyl (C=O) groups is 2. The minimum atomic E-state index is -0.458. The van der Waals surface area contributed by atoms with Gasteiger partial charge in [-0.15, -0.1) is 0 Å². The number of nitrogens with one attached hydrogen (secondary N) is 1. The lowest BCUT2D eigenvalue weighted by Gasteiger charge is -2.16. The van der Waals surface area contributed by atoms with Gasteiger partial charge in [0, 0.05) is 18.8 Å². The van der Waals surface area contributed by atoms with Crippen LogP contribution in [-0.2, 0) is 14.3 Å². The molecule has 0 bridgehead atoms. The summed E-state index contributed by atoms with van der Waals surface area (Å²) in [6.45, 7) is 4.48. The Morgan fingerprint density at radius 1 is 1.10 bits per heavy atom. The number of halogens is 2. The predicted octanol–water partition coefficient (Wildman–Crippen LogP) is 4.49. The number of hydrogen-bond acceptors (Lipinski definition) is 5. The molecule has 0 saturated heterocycles. The third kappa shape index (κ3) is 5.24. The molecule has 0 spiro atoms. The van der Waals surface area contributed by atoms with Crippen LogP contribution >= 0.6 is 11.6 Å². The van der Waals surface area contributed by atoms with Gasteiger partial charge in [-0.05, 0) is 56.2 Å². The molecular formula is C23H24ClFN2O4. The van der Waals surface area contributed by atoms with Crippen molar-refractivity contribution in [3.05, 3.63) is 64.6 Å². The molecule has 1 N–H and O–H groups in total. The maximum Gasteiger partial charge on any atom is 0.278 e. The average molecular weight is 447 g/mol. The van der Waals surface area contributed by atoms with E-state index >= 15 is 0 Å². The first-order valence-corrected chi connectivity index (χ1v) is 10.3. The molecule has 3 rings (SSSR count). The molecule has 164 valence electrons. The second-order valence-electron chi connectivity index (χ2n) is 7.27. The Morgan fingerprint density at radius 2 is 1.81 bits per heavy atom. The zero-order chi connectivity index (χ0) is 22.5. The van der Waals surface area contributed by atoms with E-state index in [1.54, 1.807) is 18.2 Å². The number of benzene rings is 2. The van der Waals surface area contributed by atoms with Crippen molar-refractivity contribution in [2.75, 3.05) is 25.6 Å². The number of nitrogens with zero attached hydrogens (tertiary/aromatic N) is 1. The van der Waals surface area contributed by atoms with Crippen LogP contribution in [0.25, 0.3) is 5.57 Å². The van der Waals surface area contributed by atoms with E-state index < -0.39 is 17.6 Å². The number of anilines is 1. The quantitative estimate of drug-likeness (QED) is 0.454. The van der Waals surface area contributed by atoms with Gasteiger partial charge in [-0.25, -0.2) is 4.39 Å². The first-order valence-electron chi connectivity index (χ1n) is 9.90. The van der Waals surface area contributed by atoms with Crippen LogP contribution in [0.1, 0.15) is 25.8 Å². The molecule has 0 radical (unpaired) electrons. The number of carbonyl (C=O) groups excluding carboxylic acids is 2. The van der Waals surface area contributed by atoms with Crippen molar-refractivity contribution in [1.29, 1.82) is 0 Å². The summed E-state index contributed by atoms with van der Waals surface area (Å²) in [5.41, 5.74) is 1.26. The molecule has 8 heteroatoms. The summed E-state index contributed by atoms with van der Waals surface area (Å²) >= 11 is 6.19. The van der Waals surface area contributed by atoms with Gasteiger partial charge in [-0.3, -0.25) is 14.5 Å². The van der Waals surface area contributed by atoms with E-state index in [1.165, 1.54) is 36.3 Å². The van der Waals surface area contributed by atoms with Gasteiger partial charge in [0.15, 0.2) is 0 Å². The van der Waals surface area contributed by atoms with Gasteiger partial charge in [-0.1, -0.05) is 23.7 Å². The highest BCUT2D eigenvalue weighted by Gasteiger charge is 2.38. The number of amides is 2. The van der Waals surface area contributed by atoms with Crippen LogP contribution in [0.2, 0.25) is 5.02 Å². The molecule has 2 aromatic rings. The lowest BCUT2D eigenvalue weighted by molar-refractivity contribution is -0.137. The third-order valence-corrected chi connectivity index (χ3v) is 4.99. The highest BCUT2D eigenvalue weighted by Crippen LogP contribution is 2.33. The Morgan fingerprint density at radius 3 is 2.42 bits per heavy atom. The molecular weight excluding hydrogens is 423 g/mol. The van der Waals surface area contributed by atoms with Gasteiger partial charge in [0.2, 0.25) is 0 Å². The van der Waals surface area contributed by atoms with E-state index in [4.69, 9.17) is 21.1 Å². The lowest BCUT2D eigenvalue weighted by Crippen LogP contribution is -2.34. The lowest BCUT2D eigenvalue weighted by atomic mass is 10.0. The largest absolute Gasteiger partial charge is 0.495 e. The smallest absolute Gasteiger partial charge is 0.278 e. The van der Waals surface area contributed by atoms with Crippen molar-refractivity contribution in [2.45, 2.75) is 26.4 Å². The number of ether oxygens (including phenoxy) is 2. The maximum atomic E-state index is 13.4. The molecule has 2 aromatic carbocycles. The summed E-state index contributed by atoms with van der Waals surface area (Å²) in [5.74, 6) is -0.843. The molecule has 31 heavy (non-hydrogen) atoms. The van der Waals surface area contributed by atoms with Crippen LogP contribution in [0.15, 0.2) is 48.2 Å². The van der Waals surface area contributed by atoms with Gasteiger partial charge in [0.05, 0.1) is 23.8 Å². The topological polar surface area (TPSA) is 67.9 Å². The Hall–Kier alpha value is -2.90. The van der Waals surface area contributed by atoms with E-state index in [1.807, 2.05) is 13.8 Å². The van der Waals surface area contributed by atoms with Gasteiger partial charge >= 0.3 is 0 Å². The SMILES string of the molecule is COc1ccc(NC2=C(c3ccc(F)cc3)C(=O)N(CCCOC(C)C)C2=O)cc1Cl. The second kappa shape index (κ2) is 9.94. The first kappa shape index (κ1) is 22.8. The van der Waals surface area contributed by atoms with Crippen LogP contribution in [0.3, 0.4) is 0 Å². The molecule has 2 amide bonds. The summed E-state index contributed by atoms with van der Waals surface area (Å²) in [6, 6.07) is 10.4. The highest BCUT2D eigenvalue weighted by atomic mass is 35.5. The molecule has 0 aliphatic carbocycles. The van der Waals surface area contributed by atoms with Crippen molar-refractivity contribution < 1.29 is 23.5 Å². The van der Waals surface area contributed by atoms with Crippen LogP contribution in [0, 0.1) is 5.82 Å². The van der Waals surface area contributed by atoms with Crippen molar-refractivity contribution in [3.8, 4) is 5.75 Å². The maximum absolute atomic E-state index is 13.4. The normalized spacial score (nSPS) is 14.1. The molecule has 0 fully saturated rings. The standard InChI is InChI=1S/C23H24ClFN2O4/c1-14(2)31-12-4-11-27-22(28)20(15-5-7-16(25)8-6-15)21(23(27)29)26-17-9-10-19(30-3)18(24)13-17/h5-10,13-14,26H,4,11-12H2,1-3H3. The fourth-order valence-electron chi connectivity index (χ4n) is 3.21. The van der Waals surface area contributed by atoms with Crippen LogP contribution in [0.4, 0.5) is 10.1 Å². The highest BCUT2D eigenvalue weighted by molar-refractivity contribution is 6.36. The molecule has 1 aliphatic heterocycles. The molecule has 0 saturated carbocycles. The monoisotopic (exact) mass is 446 g/mol. The summed E-state index contributed by atoms with van der Waals surface area (Å²) in [6.07, 6.45) is 0.573. The van der Waals surface area contributed by atoms with E-state index in [9.17, 15) is 14.0 Å². The first-order chi connectivity index (χ1) is 14.8. The van der Waals surface area contributed by atoms with E-state index in [0.29, 0.717) is 35.1 Å². The molecule has 1 heterocycles. The van der Waals surface area contributed by atoms with Gasteiger partial charge in [0.1, 0.15) is 17.3 Å². The molecule has 0 unspecified atom stereocenters.